The molecule has 2 aliphatic rings. The second kappa shape index (κ2) is 3.33. The monoisotopic (exact) mass is 215 g/mol. The molecule has 0 aromatic heterocycles. The van der Waals surface area contributed by atoms with Gasteiger partial charge in [0.05, 0.1) is 0 Å². The van der Waals surface area contributed by atoms with E-state index >= 15 is 0 Å². The third-order valence-corrected chi connectivity index (χ3v) is 5.01. The van der Waals surface area contributed by atoms with E-state index in [2.05, 4.69) is 38.1 Å². The van der Waals surface area contributed by atoms with Gasteiger partial charge in [-0.05, 0) is 53.7 Å². The van der Waals surface area contributed by atoms with Crippen molar-refractivity contribution in [1.29, 1.82) is 0 Å². The molecule has 2 N–H and O–H groups in total. The van der Waals surface area contributed by atoms with Gasteiger partial charge in [0.1, 0.15) is 0 Å². The Morgan fingerprint density at radius 1 is 1.31 bits per heavy atom. The minimum absolute atomic E-state index is 0.469. The average Bonchev–Trinajstić information content (AvgIpc) is 2.66. The van der Waals surface area contributed by atoms with E-state index in [1.54, 1.807) is 11.1 Å². The predicted octanol–water partition coefficient (Wildman–Crippen LogP) is 2.95. The molecule has 0 spiro atoms. The average molecular weight is 215 g/mol. The van der Waals surface area contributed by atoms with Crippen LogP contribution in [0.5, 0.6) is 0 Å². The van der Waals surface area contributed by atoms with E-state index in [-0.39, 0.29) is 0 Å². The lowest BCUT2D eigenvalue weighted by Crippen LogP contribution is -2.06. The normalized spacial score (nSPS) is 34.8. The fourth-order valence-corrected chi connectivity index (χ4v) is 4.00. The molecule has 1 aromatic rings. The molecule has 3 unspecified atom stereocenters. The summed E-state index contributed by atoms with van der Waals surface area (Å²) in [5.41, 5.74) is 9.54. The van der Waals surface area contributed by atoms with E-state index in [4.69, 9.17) is 5.73 Å². The van der Waals surface area contributed by atoms with E-state index in [1.165, 1.54) is 12.8 Å². The van der Waals surface area contributed by atoms with Gasteiger partial charge >= 0.3 is 0 Å². The van der Waals surface area contributed by atoms with Crippen LogP contribution in [0.25, 0.3) is 0 Å². The standard InChI is InChI=1S/C15H21N/c1-15(2)13(9-16)14(15)12-8-7-10-5-3-4-6-11(10)12/h3-6,12-14H,7-9,16H2,1-2H3. The molecule has 1 nitrogen and oxygen atoms in total. The molecule has 3 rings (SSSR count). The number of fused-ring (bicyclic) bond motifs is 1. The highest BCUT2D eigenvalue weighted by molar-refractivity contribution is 5.37. The second-order valence-corrected chi connectivity index (χ2v) is 6.03. The SMILES string of the molecule is CC1(C)C(CN)C1C1CCc2ccccc21. The molecular formula is C15H21N. The quantitative estimate of drug-likeness (QED) is 0.806. The van der Waals surface area contributed by atoms with Gasteiger partial charge in [0.2, 0.25) is 0 Å². The molecule has 0 radical (unpaired) electrons. The number of hydrogen-bond donors (Lipinski definition) is 1. The Morgan fingerprint density at radius 3 is 2.75 bits per heavy atom. The topological polar surface area (TPSA) is 26.0 Å². The van der Waals surface area contributed by atoms with Crippen molar-refractivity contribution in [2.24, 2.45) is 23.0 Å². The Bertz CT molecular complexity index is 408. The second-order valence-electron chi connectivity index (χ2n) is 6.03. The summed E-state index contributed by atoms with van der Waals surface area (Å²) in [6.07, 6.45) is 2.61. The van der Waals surface area contributed by atoms with Gasteiger partial charge in [-0.1, -0.05) is 38.1 Å². The molecule has 1 fully saturated rings. The number of benzene rings is 1. The maximum Gasteiger partial charge on any atom is -0.00406 e. The summed E-state index contributed by atoms with van der Waals surface area (Å²) >= 11 is 0. The lowest BCUT2D eigenvalue weighted by Gasteiger charge is -2.13. The zero-order chi connectivity index (χ0) is 11.3. The maximum atomic E-state index is 5.89. The van der Waals surface area contributed by atoms with E-state index in [0.29, 0.717) is 5.41 Å². The molecule has 0 amide bonds. The Hall–Kier alpha value is -0.820. The van der Waals surface area contributed by atoms with Crippen molar-refractivity contribution in [3.8, 4) is 0 Å². The molecule has 0 aliphatic heterocycles. The van der Waals surface area contributed by atoms with Gasteiger partial charge in [-0.25, -0.2) is 0 Å². The van der Waals surface area contributed by atoms with Gasteiger partial charge in [-0.3, -0.25) is 0 Å². The molecule has 1 saturated carbocycles. The van der Waals surface area contributed by atoms with E-state index in [9.17, 15) is 0 Å². The van der Waals surface area contributed by atoms with Gasteiger partial charge < -0.3 is 5.73 Å². The summed E-state index contributed by atoms with van der Waals surface area (Å²) < 4.78 is 0. The fraction of sp³-hybridized carbons (Fsp3) is 0.600. The van der Waals surface area contributed by atoms with E-state index in [0.717, 1.165) is 24.3 Å². The first-order valence-electron chi connectivity index (χ1n) is 6.44. The highest BCUT2D eigenvalue weighted by Gasteiger charge is 2.60. The zero-order valence-corrected chi connectivity index (χ0v) is 10.2. The molecule has 16 heavy (non-hydrogen) atoms. The number of aryl methyl sites for hydroxylation is 1. The first-order valence-corrected chi connectivity index (χ1v) is 6.44. The van der Waals surface area contributed by atoms with Crippen molar-refractivity contribution in [3.63, 3.8) is 0 Å². The molecule has 0 bridgehead atoms. The van der Waals surface area contributed by atoms with Crippen LogP contribution in [0.4, 0.5) is 0 Å². The Kier molecular flexibility index (Phi) is 2.16. The maximum absolute atomic E-state index is 5.89. The van der Waals surface area contributed by atoms with Crippen molar-refractivity contribution in [3.05, 3.63) is 35.4 Å². The summed E-state index contributed by atoms with van der Waals surface area (Å²) in [5.74, 6) is 2.34. The molecular weight excluding hydrogens is 194 g/mol. The first kappa shape index (κ1) is 10.3. The number of rotatable bonds is 2. The first-order chi connectivity index (χ1) is 7.66. The van der Waals surface area contributed by atoms with Crippen LogP contribution >= 0.6 is 0 Å². The number of hydrogen-bond acceptors (Lipinski definition) is 1. The summed E-state index contributed by atoms with van der Waals surface area (Å²) in [4.78, 5) is 0. The van der Waals surface area contributed by atoms with Crippen molar-refractivity contribution in [1.82, 2.24) is 0 Å². The van der Waals surface area contributed by atoms with Crippen molar-refractivity contribution in [2.75, 3.05) is 6.54 Å². The minimum atomic E-state index is 0.469. The summed E-state index contributed by atoms with van der Waals surface area (Å²) in [6, 6.07) is 8.97. The van der Waals surface area contributed by atoms with Crippen LogP contribution in [-0.2, 0) is 6.42 Å². The predicted molar refractivity (Wildman–Crippen MR) is 67.3 cm³/mol. The highest BCUT2D eigenvalue weighted by atomic mass is 14.7. The van der Waals surface area contributed by atoms with Crippen LogP contribution in [0.2, 0.25) is 0 Å². The van der Waals surface area contributed by atoms with Crippen LogP contribution < -0.4 is 5.73 Å². The van der Waals surface area contributed by atoms with E-state index in [1.807, 2.05) is 0 Å². The highest BCUT2D eigenvalue weighted by Crippen LogP contribution is 2.65. The van der Waals surface area contributed by atoms with Gasteiger partial charge in [-0.2, -0.15) is 0 Å². The summed E-state index contributed by atoms with van der Waals surface area (Å²) in [6.45, 7) is 5.63. The van der Waals surface area contributed by atoms with Crippen LogP contribution in [-0.4, -0.2) is 6.54 Å². The third-order valence-electron chi connectivity index (χ3n) is 5.01. The molecule has 2 aliphatic carbocycles. The molecule has 0 heterocycles. The lowest BCUT2D eigenvalue weighted by molar-refractivity contribution is 0.479. The molecule has 0 saturated heterocycles. The van der Waals surface area contributed by atoms with Crippen LogP contribution in [0.3, 0.4) is 0 Å². The summed E-state index contributed by atoms with van der Waals surface area (Å²) in [7, 11) is 0. The Morgan fingerprint density at radius 2 is 2.06 bits per heavy atom. The van der Waals surface area contributed by atoms with Crippen molar-refractivity contribution >= 4 is 0 Å². The van der Waals surface area contributed by atoms with Crippen molar-refractivity contribution in [2.45, 2.75) is 32.6 Å². The molecule has 1 aromatic carbocycles. The fourth-order valence-electron chi connectivity index (χ4n) is 4.00. The molecule has 86 valence electrons. The van der Waals surface area contributed by atoms with Gasteiger partial charge in [0.15, 0.2) is 0 Å². The smallest absolute Gasteiger partial charge is 0.00406 e. The summed E-state index contributed by atoms with van der Waals surface area (Å²) in [5, 5.41) is 0. The van der Waals surface area contributed by atoms with Crippen LogP contribution in [0.15, 0.2) is 24.3 Å². The Labute approximate surface area is 98.0 Å². The van der Waals surface area contributed by atoms with Crippen LogP contribution in [0.1, 0.15) is 37.3 Å². The molecule has 1 heteroatoms. The number of nitrogens with two attached hydrogens (primary N) is 1. The lowest BCUT2D eigenvalue weighted by atomic mass is 9.91. The van der Waals surface area contributed by atoms with Crippen LogP contribution in [0, 0.1) is 17.3 Å². The third kappa shape index (κ3) is 1.27. The minimum Gasteiger partial charge on any atom is -0.330 e. The van der Waals surface area contributed by atoms with Gasteiger partial charge in [0, 0.05) is 0 Å². The van der Waals surface area contributed by atoms with Crippen molar-refractivity contribution < 1.29 is 0 Å². The Balaban J connectivity index is 1.90. The van der Waals surface area contributed by atoms with E-state index < -0.39 is 0 Å². The zero-order valence-electron chi connectivity index (χ0n) is 10.2. The largest absolute Gasteiger partial charge is 0.330 e. The van der Waals surface area contributed by atoms with Gasteiger partial charge in [-0.15, -0.1) is 0 Å². The molecule has 3 atom stereocenters. The van der Waals surface area contributed by atoms with Gasteiger partial charge in [0.25, 0.3) is 0 Å².